The number of nitrogens with zero attached hydrogens (tertiary/aromatic N) is 1. The molecule has 0 aromatic heterocycles. The normalized spacial score (nSPS) is 11.6. The third-order valence-electron chi connectivity index (χ3n) is 3.29. The zero-order valence-electron chi connectivity index (χ0n) is 18.9. The van der Waals surface area contributed by atoms with Crippen molar-refractivity contribution in [2.24, 2.45) is 0 Å². The van der Waals surface area contributed by atoms with Gasteiger partial charge in [-0.1, -0.05) is 30.3 Å². The van der Waals surface area contributed by atoms with Crippen LogP contribution >= 0.6 is 0 Å². The van der Waals surface area contributed by atoms with E-state index in [0.29, 0.717) is 0 Å². The predicted octanol–water partition coefficient (Wildman–Crippen LogP) is 2.85. The second-order valence-electron chi connectivity index (χ2n) is 8.82. The van der Waals surface area contributed by atoms with Crippen LogP contribution in [0.4, 0.5) is 4.79 Å². The lowest BCUT2D eigenvalue weighted by Crippen LogP contribution is -2.42. The molecule has 0 aliphatic rings. The van der Waals surface area contributed by atoms with Crippen molar-refractivity contribution in [3.05, 3.63) is 35.9 Å². The molecule has 172 valence electrons. The highest BCUT2D eigenvalue weighted by Crippen LogP contribution is 2.10. The van der Waals surface area contributed by atoms with Crippen LogP contribution in [0.15, 0.2) is 30.3 Å². The van der Waals surface area contributed by atoms with E-state index in [4.69, 9.17) is 14.2 Å². The lowest BCUT2D eigenvalue weighted by atomic mass is 10.2. The van der Waals surface area contributed by atoms with E-state index >= 15 is 0 Å². The van der Waals surface area contributed by atoms with Crippen molar-refractivity contribution in [1.29, 1.82) is 0 Å². The Morgan fingerprint density at radius 3 is 1.65 bits per heavy atom. The predicted molar refractivity (Wildman–Crippen MR) is 111 cm³/mol. The molecule has 9 heteroatoms. The monoisotopic (exact) mass is 437 g/mol. The molecule has 1 aromatic carbocycles. The maximum absolute atomic E-state index is 12.1. The van der Waals surface area contributed by atoms with Gasteiger partial charge in [0.2, 0.25) is 0 Å². The Morgan fingerprint density at radius 2 is 1.19 bits per heavy atom. The fourth-order valence-electron chi connectivity index (χ4n) is 2.33. The number of ether oxygens (including phenoxy) is 4. The summed E-state index contributed by atoms with van der Waals surface area (Å²) in [6, 6.07) is 8.87. The highest BCUT2D eigenvalue weighted by Gasteiger charge is 2.26. The highest BCUT2D eigenvalue weighted by atomic mass is 16.7. The molecule has 0 aliphatic heterocycles. The number of esters is 3. The molecule has 0 amide bonds. The molecule has 0 fully saturated rings. The van der Waals surface area contributed by atoms with Crippen molar-refractivity contribution in [2.45, 2.75) is 59.4 Å². The molecule has 0 heterocycles. The van der Waals surface area contributed by atoms with Crippen LogP contribution in [0.5, 0.6) is 0 Å². The van der Waals surface area contributed by atoms with Crippen LogP contribution in [0.2, 0.25) is 0 Å². The second-order valence-corrected chi connectivity index (χ2v) is 8.82. The van der Waals surface area contributed by atoms with Crippen molar-refractivity contribution in [3.63, 3.8) is 0 Å². The average Bonchev–Trinajstić information content (AvgIpc) is 2.57. The number of benzene rings is 1. The molecule has 0 N–H and O–H groups in total. The smallest absolute Gasteiger partial charge is 0.459 e. The Balaban J connectivity index is 2.66. The van der Waals surface area contributed by atoms with Crippen LogP contribution in [0, 0.1) is 0 Å². The summed E-state index contributed by atoms with van der Waals surface area (Å²) in [5.74, 6) is -2.27. The van der Waals surface area contributed by atoms with Gasteiger partial charge in [-0.3, -0.25) is 19.3 Å². The maximum Gasteiger partial charge on any atom is 0.516 e. The molecule has 0 atom stereocenters. The summed E-state index contributed by atoms with van der Waals surface area (Å²) < 4.78 is 20.0. The first-order valence-corrected chi connectivity index (χ1v) is 9.81. The first-order chi connectivity index (χ1) is 14.2. The summed E-state index contributed by atoms with van der Waals surface area (Å²) in [6.45, 7) is 8.85. The minimum Gasteiger partial charge on any atom is -0.459 e. The minimum atomic E-state index is -1.18. The van der Waals surface area contributed by atoms with E-state index in [9.17, 15) is 19.2 Å². The van der Waals surface area contributed by atoms with E-state index in [1.54, 1.807) is 65.8 Å². The summed E-state index contributed by atoms with van der Waals surface area (Å²) >= 11 is 0. The molecule has 0 bridgehead atoms. The zero-order valence-corrected chi connectivity index (χ0v) is 18.9. The number of rotatable bonds is 8. The summed E-state index contributed by atoms with van der Waals surface area (Å²) in [5, 5.41) is 0. The first kappa shape index (κ1) is 26.1. The Labute approximate surface area is 182 Å². The van der Waals surface area contributed by atoms with Crippen LogP contribution in [0.1, 0.15) is 47.1 Å². The third kappa shape index (κ3) is 13.1. The molecule has 0 radical (unpaired) electrons. The van der Waals surface area contributed by atoms with E-state index in [0.717, 1.165) is 5.56 Å². The number of hydrogen-bond acceptors (Lipinski definition) is 9. The largest absolute Gasteiger partial charge is 0.516 e. The topological polar surface area (TPSA) is 108 Å². The van der Waals surface area contributed by atoms with E-state index in [-0.39, 0.29) is 19.7 Å². The summed E-state index contributed by atoms with van der Waals surface area (Å²) in [6.07, 6.45) is -1.18. The van der Waals surface area contributed by atoms with Crippen molar-refractivity contribution in [1.82, 2.24) is 4.90 Å². The van der Waals surface area contributed by atoms with Gasteiger partial charge in [0.25, 0.3) is 0 Å². The van der Waals surface area contributed by atoms with Crippen LogP contribution in [-0.2, 0) is 39.9 Å². The number of carbonyl (C=O) groups is 4. The number of hydrogen-bond donors (Lipinski definition) is 0. The van der Waals surface area contributed by atoms with Gasteiger partial charge in [0.15, 0.2) is 0 Å². The molecule has 0 aliphatic carbocycles. The van der Waals surface area contributed by atoms with Crippen LogP contribution in [0.25, 0.3) is 0 Å². The van der Waals surface area contributed by atoms with Gasteiger partial charge in [-0.2, -0.15) is 0 Å². The Kier molecular flexibility index (Phi) is 9.64. The van der Waals surface area contributed by atoms with Gasteiger partial charge >= 0.3 is 24.1 Å². The molecule has 9 nitrogen and oxygen atoms in total. The van der Waals surface area contributed by atoms with E-state index in [1.165, 1.54) is 4.90 Å². The molecule has 31 heavy (non-hydrogen) atoms. The molecule has 1 aromatic rings. The molecule has 0 spiro atoms. The summed E-state index contributed by atoms with van der Waals surface area (Å²) in [4.78, 5) is 49.4. The van der Waals surface area contributed by atoms with Gasteiger partial charge in [-0.15, -0.1) is 0 Å². The molecule has 0 saturated heterocycles. The number of carbonyl (C=O) groups excluding carboxylic acids is 4. The molecule has 0 unspecified atom stereocenters. The van der Waals surface area contributed by atoms with Crippen molar-refractivity contribution in [3.8, 4) is 0 Å². The lowest BCUT2D eigenvalue weighted by molar-refractivity contribution is -0.160. The maximum atomic E-state index is 12.1. The van der Waals surface area contributed by atoms with Gasteiger partial charge in [-0.05, 0) is 47.1 Å². The fraction of sp³-hybridized carbons (Fsp3) is 0.545. The summed E-state index contributed by atoms with van der Waals surface area (Å²) in [7, 11) is 0. The Hall–Kier alpha value is -2.94. The Bertz CT molecular complexity index is 732. The van der Waals surface area contributed by atoms with Crippen LogP contribution in [-0.4, -0.2) is 59.8 Å². The van der Waals surface area contributed by atoms with Crippen molar-refractivity contribution >= 4 is 24.1 Å². The molecule has 1 rings (SSSR count). The van der Waals surface area contributed by atoms with Gasteiger partial charge in [0.05, 0.1) is 19.6 Å². The minimum absolute atomic E-state index is 0.0630. The molecular weight excluding hydrogens is 406 g/mol. The van der Waals surface area contributed by atoms with Gasteiger partial charge in [-0.25, -0.2) is 4.79 Å². The SMILES string of the molecule is CC(C)(C)OC(=O)CN(CC(=O)OC(=O)OCc1ccccc1)CC(=O)OC(C)(C)C. The summed E-state index contributed by atoms with van der Waals surface area (Å²) in [5.41, 5.74) is -0.754. The Morgan fingerprint density at radius 1 is 0.742 bits per heavy atom. The third-order valence-corrected chi connectivity index (χ3v) is 3.29. The van der Waals surface area contributed by atoms with E-state index in [2.05, 4.69) is 4.74 Å². The second kappa shape index (κ2) is 11.5. The fourth-order valence-corrected chi connectivity index (χ4v) is 2.33. The van der Waals surface area contributed by atoms with Crippen LogP contribution in [0.3, 0.4) is 0 Å². The first-order valence-electron chi connectivity index (χ1n) is 9.81. The van der Waals surface area contributed by atoms with Gasteiger partial charge in [0.1, 0.15) is 17.8 Å². The standard InChI is InChI=1S/C22H31NO8/c1-21(2,3)30-18(25)13-23(14-19(26)31-22(4,5)6)12-17(24)29-20(27)28-15-16-10-8-7-9-11-16/h7-11H,12-15H2,1-6H3. The highest BCUT2D eigenvalue weighted by molar-refractivity contribution is 5.84. The van der Waals surface area contributed by atoms with E-state index < -0.39 is 41.8 Å². The van der Waals surface area contributed by atoms with Gasteiger partial charge in [0, 0.05) is 0 Å². The zero-order chi connectivity index (χ0) is 23.7. The molecule has 0 saturated carbocycles. The quantitative estimate of drug-likeness (QED) is 0.344. The van der Waals surface area contributed by atoms with Gasteiger partial charge < -0.3 is 18.9 Å². The van der Waals surface area contributed by atoms with Crippen LogP contribution < -0.4 is 0 Å². The van der Waals surface area contributed by atoms with Crippen molar-refractivity contribution in [2.75, 3.05) is 19.6 Å². The average molecular weight is 437 g/mol. The van der Waals surface area contributed by atoms with E-state index in [1.807, 2.05) is 6.07 Å². The molecular formula is C22H31NO8. The lowest BCUT2D eigenvalue weighted by Gasteiger charge is -2.25. The van der Waals surface area contributed by atoms with Crippen molar-refractivity contribution < 1.29 is 38.1 Å².